The molecule has 5 nitrogen and oxygen atoms in total. The predicted molar refractivity (Wildman–Crippen MR) is 70.4 cm³/mol. The number of carbonyl (C=O) groups excluding carboxylic acids is 1. The van der Waals surface area contributed by atoms with Gasteiger partial charge in [-0.2, -0.15) is 0 Å². The van der Waals surface area contributed by atoms with Crippen LogP contribution >= 0.6 is 0 Å². The number of phenols is 1. The molecule has 0 aliphatic rings. The Labute approximate surface area is 107 Å². The van der Waals surface area contributed by atoms with Crippen molar-refractivity contribution in [1.82, 2.24) is 5.32 Å². The van der Waals surface area contributed by atoms with E-state index in [2.05, 4.69) is 5.32 Å². The Morgan fingerprint density at radius 3 is 2.72 bits per heavy atom. The van der Waals surface area contributed by atoms with Crippen molar-refractivity contribution >= 4 is 11.6 Å². The molecule has 1 amide bonds. The van der Waals surface area contributed by atoms with Gasteiger partial charge >= 0.3 is 0 Å². The fraction of sp³-hybridized carbons (Fsp3) is 0.462. The first kappa shape index (κ1) is 14.3. The normalized spacial score (nSPS) is 13.9. The summed E-state index contributed by atoms with van der Waals surface area (Å²) in [5, 5.41) is 22.0. The van der Waals surface area contributed by atoms with Gasteiger partial charge in [0, 0.05) is 12.1 Å². The van der Waals surface area contributed by atoms with Crippen LogP contribution in [-0.4, -0.2) is 28.3 Å². The molecule has 1 atom stereocenters. The van der Waals surface area contributed by atoms with Crippen LogP contribution in [0.4, 0.5) is 5.69 Å². The van der Waals surface area contributed by atoms with E-state index in [-0.39, 0.29) is 23.9 Å². The summed E-state index contributed by atoms with van der Waals surface area (Å²) in [6, 6.07) is 4.30. The van der Waals surface area contributed by atoms with Crippen molar-refractivity contribution in [3.8, 4) is 5.75 Å². The molecule has 0 saturated heterocycles. The summed E-state index contributed by atoms with van der Waals surface area (Å²) < 4.78 is 0. The topological polar surface area (TPSA) is 95.6 Å². The van der Waals surface area contributed by atoms with Crippen LogP contribution < -0.4 is 11.1 Å². The van der Waals surface area contributed by atoms with Crippen molar-refractivity contribution < 1.29 is 15.0 Å². The number of aromatic hydroxyl groups is 1. The lowest BCUT2D eigenvalue weighted by atomic mass is 10.0. The molecule has 0 aromatic heterocycles. The van der Waals surface area contributed by atoms with Crippen molar-refractivity contribution in [3.05, 3.63) is 23.8 Å². The maximum atomic E-state index is 11.8. The highest BCUT2D eigenvalue weighted by Crippen LogP contribution is 2.20. The third-order valence-electron chi connectivity index (χ3n) is 2.71. The molecule has 1 aromatic carbocycles. The maximum absolute atomic E-state index is 11.8. The minimum atomic E-state index is -0.916. The molecule has 0 aliphatic heterocycles. The molecule has 18 heavy (non-hydrogen) atoms. The molecule has 5 N–H and O–H groups in total. The zero-order chi connectivity index (χ0) is 13.8. The van der Waals surface area contributed by atoms with Crippen LogP contribution in [0.2, 0.25) is 0 Å². The first-order chi connectivity index (χ1) is 8.35. The lowest BCUT2D eigenvalue weighted by Crippen LogP contribution is -2.40. The monoisotopic (exact) mass is 252 g/mol. The Balaban J connectivity index is 2.63. The summed E-state index contributed by atoms with van der Waals surface area (Å²) in [5.41, 5.74) is 5.07. The van der Waals surface area contributed by atoms with E-state index in [1.54, 1.807) is 6.92 Å². The van der Waals surface area contributed by atoms with Crippen LogP contribution in [0.3, 0.4) is 0 Å². The number of rotatable bonds is 5. The highest BCUT2D eigenvalue weighted by atomic mass is 16.3. The summed E-state index contributed by atoms with van der Waals surface area (Å²) in [6.07, 6.45) is 1.45. The fourth-order valence-electron chi connectivity index (χ4n) is 1.68. The average molecular weight is 252 g/mol. The van der Waals surface area contributed by atoms with E-state index in [1.807, 2.05) is 6.92 Å². The molecule has 0 aliphatic carbocycles. The number of hydrogen-bond acceptors (Lipinski definition) is 4. The second-order valence-electron chi connectivity index (χ2n) is 4.70. The van der Waals surface area contributed by atoms with Crippen LogP contribution in [0.1, 0.15) is 37.0 Å². The fourth-order valence-corrected chi connectivity index (χ4v) is 1.68. The molecule has 1 aromatic rings. The van der Waals surface area contributed by atoms with Gasteiger partial charge in [0.2, 0.25) is 0 Å². The highest BCUT2D eigenvalue weighted by molar-refractivity contribution is 5.95. The zero-order valence-corrected chi connectivity index (χ0v) is 10.7. The largest absolute Gasteiger partial charge is 0.506 e. The molecule has 0 heterocycles. The van der Waals surface area contributed by atoms with Gasteiger partial charge in [-0.15, -0.1) is 0 Å². The Hall–Kier alpha value is -1.75. The van der Waals surface area contributed by atoms with Crippen LogP contribution in [0.5, 0.6) is 5.75 Å². The summed E-state index contributed by atoms with van der Waals surface area (Å²) >= 11 is 0. The number of aliphatic hydroxyl groups is 1. The SMILES string of the molecule is CCCC(C)(O)CNC(=O)c1ccc(N)c(O)c1. The Kier molecular flexibility index (Phi) is 4.55. The van der Waals surface area contributed by atoms with Gasteiger partial charge in [-0.25, -0.2) is 0 Å². The summed E-state index contributed by atoms with van der Waals surface area (Å²) in [6.45, 7) is 3.82. The molecular weight excluding hydrogens is 232 g/mol. The number of anilines is 1. The standard InChI is InChI=1S/C13H20N2O3/c1-3-6-13(2,18)8-15-12(17)9-4-5-10(14)11(16)7-9/h4-5,7,16,18H,3,6,8,14H2,1-2H3,(H,15,17). The van der Waals surface area contributed by atoms with E-state index in [0.29, 0.717) is 12.0 Å². The third kappa shape index (κ3) is 3.92. The van der Waals surface area contributed by atoms with Gasteiger partial charge in [0.25, 0.3) is 5.91 Å². The molecule has 0 radical (unpaired) electrons. The van der Waals surface area contributed by atoms with E-state index >= 15 is 0 Å². The lowest BCUT2D eigenvalue weighted by Gasteiger charge is -2.22. The highest BCUT2D eigenvalue weighted by Gasteiger charge is 2.20. The zero-order valence-electron chi connectivity index (χ0n) is 10.7. The minimum absolute atomic E-state index is 0.122. The van der Waals surface area contributed by atoms with Gasteiger partial charge in [-0.3, -0.25) is 4.79 Å². The Morgan fingerprint density at radius 1 is 1.50 bits per heavy atom. The summed E-state index contributed by atoms with van der Waals surface area (Å²) in [7, 11) is 0. The summed E-state index contributed by atoms with van der Waals surface area (Å²) in [4.78, 5) is 11.8. The molecule has 0 bridgehead atoms. The number of nitrogens with two attached hydrogens (primary N) is 1. The van der Waals surface area contributed by atoms with Crippen molar-refractivity contribution in [1.29, 1.82) is 0 Å². The quantitative estimate of drug-likeness (QED) is 0.468. The van der Waals surface area contributed by atoms with Crippen LogP contribution in [-0.2, 0) is 0 Å². The molecular formula is C13H20N2O3. The molecule has 1 unspecified atom stereocenters. The van der Waals surface area contributed by atoms with Gasteiger partial charge < -0.3 is 21.3 Å². The van der Waals surface area contributed by atoms with Gasteiger partial charge in [0.1, 0.15) is 5.75 Å². The molecule has 100 valence electrons. The van der Waals surface area contributed by atoms with Crippen molar-refractivity contribution in [2.75, 3.05) is 12.3 Å². The van der Waals surface area contributed by atoms with Gasteiger partial charge in [0.05, 0.1) is 11.3 Å². The first-order valence-corrected chi connectivity index (χ1v) is 5.95. The minimum Gasteiger partial charge on any atom is -0.506 e. The third-order valence-corrected chi connectivity index (χ3v) is 2.71. The summed E-state index contributed by atoms with van der Waals surface area (Å²) in [5.74, 6) is -0.468. The molecule has 1 rings (SSSR count). The number of benzene rings is 1. The van der Waals surface area contributed by atoms with E-state index in [4.69, 9.17) is 5.73 Å². The van der Waals surface area contributed by atoms with Gasteiger partial charge in [0.15, 0.2) is 0 Å². The molecule has 0 fully saturated rings. The first-order valence-electron chi connectivity index (χ1n) is 5.95. The van der Waals surface area contributed by atoms with Gasteiger partial charge in [-0.1, -0.05) is 13.3 Å². The molecule has 0 spiro atoms. The lowest BCUT2D eigenvalue weighted by molar-refractivity contribution is 0.0469. The van der Waals surface area contributed by atoms with Crippen molar-refractivity contribution in [3.63, 3.8) is 0 Å². The number of phenolic OH excluding ortho intramolecular Hbond substituents is 1. The van der Waals surface area contributed by atoms with Crippen molar-refractivity contribution in [2.45, 2.75) is 32.3 Å². The predicted octanol–water partition coefficient (Wildman–Crippen LogP) is 1.26. The number of nitrogen functional groups attached to an aromatic ring is 1. The number of carbonyl (C=O) groups is 1. The van der Waals surface area contributed by atoms with Crippen LogP contribution in [0, 0.1) is 0 Å². The van der Waals surface area contributed by atoms with Crippen molar-refractivity contribution in [2.24, 2.45) is 0 Å². The molecule has 5 heteroatoms. The van der Waals surface area contributed by atoms with E-state index in [9.17, 15) is 15.0 Å². The van der Waals surface area contributed by atoms with E-state index in [0.717, 1.165) is 6.42 Å². The second-order valence-corrected chi connectivity index (χ2v) is 4.70. The smallest absolute Gasteiger partial charge is 0.251 e. The van der Waals surface area contributed by atoms with E-state index in [1.165, 1.54) is 18.2 Å². The number of amides is 1. The Bertz CT molecular complexity index is 430. The Morgan fingerprint density at radius 2 is 2.17 bits per heavy atom. The second kappa shape index (κ2) is 5.73. The van der Waals surface area contributed by atoms with Gasteiger partial charge in [-0.05, 0) is 31.5 Å². The number of hydrogen-bond donors (Lipinski definition) is 4. The van der Waals surface area contributed by atoms with Crippen LogP contribution in [0.25, 0.3) is 0 Å². The average Bonchev–Trinajstić information content (AvgIpc) is 2.30. The maximum Gasteiger partial charge on any atom is 0.251 e. The van der Waals surface area contributed by atoms with Crippen LogP contribution in [0.15, 0.2) is 18.2 Å². The molecule has 0 saturated carbocycles. The number of nitrogens with one attached hydrogen (secondary N) is 1. The van der Waals surface area contributed by atoms with E-state index < -0.39 is 5.60 Å².